The van der Waals surface area contributed by atoms with Gasteiger partial charge in [-0.3, -0.25) is 4.79 Å². The van der Waals surface area contributed by atoms with Gasteiger partial charge >= 0.3 is 0 Å². The van der Waals surface area contributed by atoms with Crippen molar-refractivity contribution in [1.29, 1.82) is 0 Å². The van der Waals surface area contributed by atoms with Gasteiger partial charge in [0.05, 0.1) is 19.1 Å². The van der Waals surface area contributed by atoms with E-state index in [4.69, 9.17) is 4.74 Å². The molecule has 2 aromatic carbocycles. The molecule has 4 nitrogen and oxygen atoms in total. The average molecular weight is 327 g/mol. The summed E-state index contributed by atoms with van der Waals surface area (Å²) in [6.07, 6.45) is 0.943. The molecule has 128 valence electrons. The lowest BCUT2D eigenvalue weighted by molar-refractivity contribution is -0.123. The zero-order valence-electron chi connectivity index (χ0n) is 14.2. The van der Waals surface area contributed by atoms with Crippen LogP contribution in [0.2, 0.25) is 0 Å². The number of hydrogen-bond donors (Lipinski definition) is 2. The highest BCUT2D eigenvalue weighted by Gasteiger charge is 2.20. The lowest BCUT2D eigenvalue weighted by Gasteiger charge is -2.19. The molecule has 0 aliphatic carbocycles. The Morgan fingerprint density at radius 1 is 1.12 bits per heavy atom. The quantitative estimate of drug-likeness (QED) is 0.781. The van der Waals surface area contributed by atoms with Crippen LogP contribution in [0, 0.1) is 0 Å². The van der Waals surface area contributed by atoms with Crippen LogP contribution in [0.1, 0.15) is 42.9 Å². The van der Waals surface area contributed by atoms with Crippen molar-refractivity contribution in [3.05, 3.63) is 65.7 Å². The maximum Gasteiger partial charge on any atom is 0.227 e. The summed E-state index contributed by atoms with van der Waals surface area (Å²) in [4.78, 5) is 12.5. The number of ether oxygens (including phenoxy) is 1. The van der Waals surface area contributed by atoms with Gasteiger partial charge in [-0.05, 0) is 29.7 Å². The van der Waals surface area contributed by atoms with Crippen molar-refractivity contribution in [3.63, 3.8) is 0 Å². The van der Waals surface area contributed by atoms with Gasteiger partial charge in [0.25, 0.3) is 0 Å². The second-order valence-corrected chi connectivity index (χ2v) is 5.79. The first-order valence-corrected chi connectivity index (χ1v) is 8.30. The molecule has 0 saturated carbocycles. The van der Waals surface area contributed by atoms with Crippen LogP contribution in [0.15, 0.2) is 54.6 Å². The predicted octanol–water partition coefficient (Wildman–Crippen LogP) is 3.43. The Bertz CT molecular complexity index is 642. The van der Waals surface area contributed by atoms with Crippen LogP contribution in [0.4, 0.5) is 0 Å². The van der Waals surface area contributed by atoms with Gasteiger partial charge in [-0.2, -0.15) is 0 Å². The van der Waals surface area contributed by atoms with E-state index in [0.29, 0.717) is 5.75 Å². The first kappa shape index (κ1) is 18.0. The van der Waals surface area contributed by atoms with Crippen molar-refractivity contribution < 1.29 is 14.6 Å². The fourth-order valence-corrected chi connectivity index (χ4v) is 2.71. The number of nitrogens with one attached hydrogen (secondary N) is 1. The molecule has 0 fully saturated rings. The number of aliphatic hydroxyl groups excluding tert-OH is 1. The number of amides is 1. The maximum atomic E-state index is 12.5. The van der Waals surface area contributed by atoms with Crippen LogP contribution < -0.4 is 10.1 Å². The van der Waals surface area contributed by atoms with Crippen LogP contribution in [0.25, 0.3) is 0 Å². The number of aliphatic hydroxyl groups is 1. The van der Waals surface area contributed by atoms with E-state index in [1.54, 1.807) is 13.2 Å². The first-order chi connectivity index (χ1) is 11.7. The monoisotopic (exact) mass is 327 g/mol. The van der Waals surface area contributed by atoms with E-state index in [0.717, 1.165) is 24.0 Å². The highest BCUT2D eigenvalue weighted by Crippen LogP contribution is 2.22. The topological polar surface area (TPSA) is 58.6 Å². The Morgan fingerprint density at radius 2 is 1.83 bits per heavy atom. The first-order valence-electron chi connectivity index (χ1n) is 8.30. The van der Waals surface area contributed by atoms with Gasteiger partial charge in [0, 0.05) is 6.54 Å². The largest absolute Gasteiger partial charge is 0.497 e. The van der Waals surface area contributed by atoms with Crippen LogP contribution in [-0.4, -0.2) is 24.7 Å². The summed E-state index contributed by atoms with van der Waals surface area (Å²) in [7, 11) is 1.59. The summed E-state index contributed by atoms with van der Waals surface area (Å²) in [5, 5.41) is 13.2. The molecule has 2 rings (SSSR count). The second-order valence-electron chi connectivity index (χ2n) is 5.79. The third kappa shape index (κ3) is 4.83. The predicted molar refractivity (Wildman–Crippen MR) is 95.1 cm³/mol. The van der Waals surface area contributed by atoms with Crippen molar-refractivity contribution in [1.82, 2.24) is 5.32 Å². The van der Waals surface area contributed by atoms with Gasteiger partial charge in [-0.15, -0.1) is 0 Å². The Balaban J connectivity index is 1.99. The molecule has 0 saturated heterocycles. The molecule has 0 bridgehead atoms. The Labute approximate surface area is 143 Å². The van der Waals surface area contributed by atoms with E-state index >= 15 is 0 Å². The van der Waals surface area contributed by atoms with Crippen molar-refractivity contribution >= 4 is 5.91 Å². The van der Waals surface area contributed by atoms with Crippen LogP contribution in [0.3, 0.4) is 0 Å². The van der Waals surface area contributed by atoms with Crippen molar-refractivity contribution in [3.8, 4) is 5.75 Å². The zero-order chi connectivity index (χ0) is 17.4. The standard InChI is InChI=1S/C20H25NO3/c1-3-8-18(15-9-5-4-6-10-15)20(23)21-14-19(22)16-11-7-12-17(13-16)24-2/h4-7,9-13,18-19,22H,3,8,14H2,1-2H3,(H,21,23). The number of carbonyl (C=O) groups is 1. The molecule has 1 amide bonds. The number of carbonyl (C=O) groups excluding carboxylic acids is 1. The third-order valence-corrected chi connectivity index (χ3v) is 4.04. The molecular formula is C20H25NO3. The summed E-state index contributed by atoms with van der Waals surface area (Å²) in [6.45, 7) is 2.24. The van der Waals surface area contributed by atoms with Gasteiger partial charge < -0.3 is 15.2 Å². The van der Waals surface area contributed by atoms with E-state index in [-0.39, 0.29) is 18.4 Å². The molecular weight excluding hydrogens is 302 g/mol. The summed E-state index contributed by atoms with van der Waals surface area (Å²) in [6, 6.07) is 17.0. The van der Waals surface area contributed by atoms with E-state index in [1.807, 2.05) is 48.5 Å². The Kier molecular flexibility index (Phi) is 6.82. The molecule has 0 aliphatic heterocycles. The molecule has 0 aliphatic rings. The van der Waals surface area contributed by atoms with E-state index in [9.17, 15) is 9.90 Å². The molecule has 24 heavy (non-hydrogen) atoms. The summed E-state index contributed by atoms with van der Waals surface area (Å²) in [5.74, 6) is 0.449. The molecule has 2 unspecified atom stereocenters. The number of hydrogen-bond acceptors (Lipinski definition) is 3. The molecule has 0 radical (unpaired) electrons. The van der Waals surface area contributed by atoms with E-state index < -0.39 is 6.10 Å². The zero-order valence-corrected chi connectivity index (χ0v) is 14.2. The second kappa shape index (κ2) is 9.08. The number of benzene rings is 2. The van der Waals surface area contributed by atoms with Gasteiger partial charge in [0.1, 0.15) is 5.75 Å². The van der Waals surface area contributed by atoms with Gasteiger partial charge in [-0.1, -0.05) is 55.8 Å². The lowest BCUT2D eigenvalue weighted by Crippen LogP contribution is -2.32. The third-order valence-electron chi connectivity index (χ3n) is 4.04. The van der Waals surface area contributed by atoms with Crippen LogP contribution >= 0.6 is 0 Å². The fraction of sp³-hybridized carbons (Fsp3) is 0.350. The summed E-state index contributed by atoms with van der Waals surface area (Å²) in [5.41, 5.74) is 1.73. The average Bonchev–Trinajstić information content (AvgIpc) is 2.64. The minimum atomic E-state index is -0.762. The normalized spacial score (nSPS) is 13.1. The highest BCUT2D eigenvalue weighted by atomic mass is 16.5. The smallest absolute Gasteiger partial charge is 0.227 e. The molecule has 0 spiro atoms. The highest BCUT2D eigenvalue weighted by molar-refractivity contribution is 5.83. The Hall–Kier alpha value is -2.33. The minimum absolute atomic E-state index is 0.0509. The molecule has 2 N–H and O–H groups in total. The number of methoxy groups -OCH3 is 1. The van der Waals surface area contributed by atoms with Crippen molar-refractivity contribution in [2.45, 2.75) is 31.8 Å². The summed E-state index contributed by atoms with van der Waals surface area (Å²) >= 11 is 0. The maximum absolute atomic E-state index is 12.5. The fourth-order valence-electron chi connectivity index (χ4n) is 2.71. The van der Waals surface area contributed by atoms with Gasteiger partial charge in [0.15, 0.2) is 0 Å². The lowest BCUT2D eigenvalue weighted by atomic mass is 9.93. The molecule has 2 atom stereocenters. The van der Waals surface area contributed by atoms with Crippen molar-refractivity contribution in [2.75, 3.05) is 13.7 Å². The van der Waals surface area contributed by atoms with Crippen molar-refractivity contribution in [2.24, 2.45) is 0 Å². The number of rotatable bonds is 8. The van der Waals surface area contributed by atoms with Gasteiger partial charge in [-0.25, -0.2) is 0 Å². The Morgan fingerprint density at radius 3 is 2.50 bits per heavy atom. The molecule has 4 heteroatoms. The minimum Gasteiger partial charge on any atom is -0.497 e. The molecule has 2 aromatic rings. The SMILES string of the molecule is CCCC(C(=O)NCC(O)c1cccc(OC)c1)c1ccccc1. The van der Waals surface area contributed by atoms with E-state index in [2.05, 4.69) is 12.2 Å². The van der Waals surface area contributed by atoms with E-state index in [1.165, 1.54) is 0 Å². The molecule has 0 heterocycles. The summed E-state index contributed by atoms with van der Waals surface area (Å²) < 4.78 is 5.16. The van der Waals surface area contributed by atoms with Crippen LogP contribution in [0.5, 0.6) is 5.75 Å². The molecule has 0 aromatic heterocycles. The van der Waals surface area contributed by atoms with Gasteiger partial charge in [0.2, 0.25) is 5.91 Å². The van der Waals surface area contributed by atoms with Crippen LogP contribution in [-0.2, 0) is 4.79 Å².